The highest BCUT2D eigenvalue weighted by atomic mass is 32.2. The molecule has 2 unspecified atom stereocenters. The molecule has 4 aliphatic carbocycles. The van der Waals surface area contributed by atoms with Crippen LogP contribution in [0.5, 0.6) is 5.75 Å². The Balaban J connectivity index is 1.44. The molecule has 3 N–H and O–H groups in total. The Bertz CT molecular complexity index is 954. The number of hydrogen-bond acceptors (Lipinski definition) is 5. The summed E-state index contributed by atoms with van der Waals surface area (Å²) in [5.74, 6) is 1.12. The predicted molar refractivity (Wildman–Crippen MR) is 111 cm³/mol. The lowest BCUT2D eigenvalue weighted by molar-refractivity contribution is -0.150. The number of nitrogens with one attached hydrogen (secondary N) is 1. The number of sulfone groups is 1. The van der Waals surface area contributed by atoms with Crippen molar-refractivity contribution in [1.29, 1.82) is 0 Å². The molecule has 164 valence electrons. The zero-order chi connectivity index (χ0) is 21.9. The highest BCUT2D eigenvalue weighted by Crippen LogP contribution is 2.59. The quantitative estimate of drug-likeness (QED) is 0.711. The van der Waals surface area contributed by atoms with Crippen molar-refractivity contribution in [3.63, 3.8) is 0 Å². The summed E-state index contributed by atoms with van der Waals surface area (Å²) in [6.07, 6.45) is 5.63. The molecule has 0 spiro atoms. The Kier molecular flexibility index (Phi) is 4.91. The lowest BCUT2D eigenvalue weighted by atomic mass is 9.47. The molecule has 8 heteroatoms. The van der Waals surface area contributed by atoms with Crippen molar-refractivity contribution in [2.75, 3.05) is 6.26 Å². The lowest BCUT2D eigenvalue weighted by Crippen LogP contribution is -2.63. The molecule has 5 rings (SSSR count). The Morgan fingerprint density at radius 3 is 2.17 bits per heavy atom. The fraction of sp³-hybridized carbons (Fsp3) is 0.636. The normalized spacial score (nSPS) is 32.6. The van der Waals surface area contributed by atoms with Gasteiger partial charge < -0.3 is 15.8 Å². The van der Waals surface area contributed by atoms with Crippen molar-refractivity contribution in [2.24, 2.45) is 28.9 Å². The van der Waals surface area contributed by atoms with Gasteiger partial charge >= 0.3 is 0 Å². The van der Waals surface area contributed by atoms with Gasteiger partial charge in [-0.25, -0.2) is 8.42 Å². The number of nitrogens with two attached hydrogens (primary N) is 1. The van der Waals surface area contributed by atoms with E-state index in [1.165, 1.54) is 12.1 Å². The van der Waals surface area contributed by atoms with Crippen LogP contribution in [-0.4, -0.2) is 38.1 Å². The zero-order valence-corrected chi connectivity index (χ0v) is 18.5. The SMILES string of the molecule is CC(C)(Oc1ccc(S(C)(=O)=O)cc1)C(=O)NC1C2CC3CC1CC(C(N)=O)(C3)C2. The average Bonchev–Trinajstić information content (AvgIpc) is 2.63. The molecule has 4 saturated carbocycles. The largest absolute Gasteiger partial charge is 0.478 e. The molecular weight excluding hydrogens is 404 g/mol. The summed E-state index contributed by atoms with van der Waals surface area (Å²) < 4.78 is 29.1. The van der Waals surface area contributed by atoms with Gasteiger partial charge in [0.2, 0.25) is 5.91 Å². The molecule has 4 bridgehead atoms. The van der Waals surface area contributed by atoms with Crippen LogP contribution in [0, 0.1) is 23.2 Å². The summed E-state index contributed by atoms with van der Waals surface area (Å²) in [4.78, 5) is 25.4. The molecule has 4 fully saturated rings. The highest BCUT2D eigenvalue weighted by molar-refractivity contribution is 7.90. The molecular formula is C22H30N2O5S. The summed E-state index contributed by atoms with van der Waals surface area (Å²) in [6, 6.07) is 6.10. The monoisotopic (exact) mass is 434 g/mol. The van der Waals surface area contributed by atoms with E-state index < -0.39 is 15.4 Å². The number of benzene rings is 1. The Hall–Kier alpha value is -2.09. The van der Waals surface area contributed by atoms with Gasteiger partial charge in [-0.05, 0) is 88.0 Å². The molecule has 30 heavy (non-hydrogen) atoms. The molecule has 0 aromatic heterocycles. The summed E-state index contributed by atoms with van der Waals surface area (Å²) >= 11 is 0. The first kappa shape index (κ1) is 21.2. The van der Waals surface area contributed by atoms with Gasteiger partial charge in [0, 0.05) is 17.7 Å². The van der Waals surface area contributed by atoms with Gasteiger partial charge in [-0.15, -0.1) is 0 Å². The lowest BCUT2D eigenvalue weighted by Gasteiger charge is -2.59. The van der Waals surface area contributed by atoms with Crippen molar-refractivity contribution in [3.05, 3.63) is 24.3 Å². The van der Waals surface area contributed by atoms with E-state index >= 15 is 0 Å². The molecule has 2 atom stereocenters. The van der Waals surface area contributed by atoms with E-state index in [2.05, 4.69) is 5.32 Å². The van der Waals surface area contributed by atoms with Gasteiger partial charge in [0.15, 0.2) is 15.4 Å². The first-order valence-electron chi connectivity index (χ1n) is 10.5. The highest BCUT2D eigenvalue weighted by Gasteiger charge is 2.58. The van der Waals surface area contributed by atoms with Crippen LogP contribution in [0.1, 0.15) is 46.0 Å². The summed E-state index contributed by atoms with van der Waals surface area (Å²) in [5, 5.41) is 3.20. The van der Waals surface area contributed by atoms with E-state index in [9.17, 15) is 18.0 Å². The third-order valence-electron chi connectivity index (χ3n) is 7.27. The molecule has 2 amide bonds. The van der Waals surface area contributed by atoms with Crippen molar-refractivity contribution in [3.8, 4) is 5.75 Å². The maximum Gasteiger partial charge on any atom is 0.263 e. The molecule has 0 radical (unpaired) electrons. The van der Waals surface area contributed by atoms with E-state index in [0.29, 0.717) is 11.7 Å². The average molecular weight is 435 g/mol. The van der Waals surface area contributed by atoms with E-state index in [-0.39, 0.29) is 40.0 Å². The van der Waals surface area contributed by atoms with E-state index in [1.54, 1.807) is 26.0 Å². The minimum Gasteiger partial charge on any atom is -0.478 e. The van der Waals surface area contributed by atoms with Crippen LogP contribution in [0.25, 0.3) is 0 Å². The third-order valence-corrected chi connectivity index (χ3v) is 8.39. The van der Waals surface area contributed by atoms with Gasteiger partial charge in [0.05, 0.1) is 4.90 Å². The molecule has 0 saturated heterocycles. The molecule has 1 aromatic rings. The van der Waals surface area contributed by atoms with E-state index in [4.69, 9.17) is 10.5 Å². The van der Waals surface area contributed by atoms with E-state index in [0.717, 1.165) is 38.4 Å². The van der Waals surface area contributed by atoms with Crippen molar-refractivity contribution in [2.45, 2.75) is 62.5 Å². The van der Waals surface area contributed by atoms with Crippen LogP contribution in [0.4, 0.5) is 0 Å². The molecule has 0 aliphatic heterocycles. The molecule has 7 nitrogen and oxygen atoms in total. The van der Waals surface area contributed by atoms with E-state index in [1.807, 2.05) is 0 Å². The van der Waals surface area contributed by atoms with Crippen molar-refractivity contribution < 1.29 is 22.7 Å². The number of rotatable bonds is 6. The first-order valence-corrected chi connectivity index (χ1v) is 12.4. The number of primary amides is 1. The maximum atomic E-state index is 13.1. The second-order valence-electron chi connectivity index (χ2n) is 9.97. The number of carbonyl (C=O) groups excluding carboxylic acids is 2. The topological polar surface area (TPSA) is 116 Å². The van der Waals surface area contributed by atoms with Gasteiger partial charge in [-0.1, -0.05) is 0 Å². The summed E-state index contributed by atoms with van der Waals surface area (Å²) in [5.41, 5.74) is 4.24. The zero-order valence-electron chi connectivity index (χ0n) is 17.7. The first-order chi connectivity index (χ1) is 13.9. The molecule has 0 heterocycles. The van der Waals surface area contributed by atoms with Gasteiger partial charge in [0.25, 0.3) is 5.91 Å². The van der Waals surface area contributed by atoms with Crippen LogP contribution < -0.4 is 15.8 Å². The fourth-order valence-electron chi connectivity index (χ4n) is 5.98. The standard InChI is InChI=1S/C22H30N2O5S/c1-21(2,29-16-4-6-17(7-5-16)30(3,27)28)20(26)24-18-14-8-13-9-15(18)12-22(10-13,11-14)19(23)25/h4-7,13-15,18H,8-12H2,1-3H3,(H2,23,25)(H,24,26). The molecule has 1 aromatic carbocycles. The predicted octanol–water partition coefficient (Wildman–Crippen LogP) is 2.04. The number of ether oxygens (including phenoxy) is 1. The van der Waals surface area contributed by atoms with Crippen LogP contribution in [0.15, 0.2) is 29.2 Å². The summed E-state index contributed by atoms with van der Waals surface area (Å²) in [7, 11) is -3.29. The van der Waals surface area contributed by atoms with Gasteiger partial charge in [-0.2, -0.15) is 0 Å². The third kappa shape index (κ3) is 3.70. The number of amides is 2. The fourth-order valence-corrected chi connectivity index (χ4v) is 6.61. The Morgan fingerprint density at radius 2 is 1.67 bits per heavy atom. The van der Waals surface area contributed by atoms with Gasteiger partial charge in [0.1, 0.15) is 5.75 Å². The van der Waals surface area contributed by atoms with Gasteiger partial charge in [-0.3, -0.25) is 9.59 Å². The minimum atomic E-state index is -3.29. The second-order valence-corrected chi connectivity index (χ2v) is 12.0. The molecule has 4 aliphatic rings. The second kappa shape index (κ2) is 6.97. The number of carbonyl (C=O) groups is 2. The van der Waals surface area contributed by atoms with Crippen LogP contribution >= 0.6 is 0 Å². The smallest absolute Gasteiger partial charge is 0.263 e. The maximum absolute atomic E-state index is 13.1. The number of hydrogen-bond donors (Lipinski definition) is 2. The minimum absolute atomic E-state index is 0.0389. The van der Waals surface area contributed by atoms with Crippen molar-refractivity contribution >= 4 is 21.7 Å². The Morgan fingerprint density at radius 1 is 1.10 bits per heavy atom. The Labute approximate surface area is 177 Å². The van der Waals surface area contributed by atoms with Crippen molar-refractivity contribution in [1.82, 2.24) is 5.32 Å². The van der Waals surface area contributed by atoms with Crippen LogP contribution in [-0.2, 0) is 19.4 Å². The van der Waals surface area contributed by atoms with Crippen LogP contribution in [0.3, 0.4) is 0 Å². The summed E-state index contributed by atoms with van der Waals surface area (Å²) in [6.45, 7) is 3.40. The van der Waals surface area contributed by atoms with Crippen LogP contribution in [0.2, 0.25) is 0 Å².